The van der Waals surface area contributed by atoms with Crippen LogP contribution in [0.5, 0.6) is 11.6 Å². The van der Waals surface area contributed by atoms with Gasteiger partial charge in [0.05, 0.1) is 23.6 Å². The van der Waals surface area contributed by atoms with Gasteiger partial charge in [-0.3, -0.25) is 0 Å². The van der Waals surface area contributed by atoms with Crippen molar-refractivity contribution < 1.29 is 17.9 Å². The zero-order chi connectivity index (χ0) is 17.3. The van der Waals surface area contributed by atoms with E-state index in [0.29, 0.717) is 11.6 Å². The molecule has 8 heteroatoms. The van der Waals surface area contributed by atoms with Crippen LogP contribution in [-0.4, -0.2) is 48.0 Å². The summed E-state index contributed by atoms with van der Waals surface area (Å²) >= 11 is 0. The largest absolute Gasteiger partial charge is 0.492 e. The van der Waals surface area contributed by atoms with E-state index < -0.39 is 16.1 Å². The number of nitrogens with zero attached hydrogens (tertiary/aromatic N) is 3. The zero-order valence-corrected chi connectivity index (χ0v) is 14.8. The van der Waals surface area contributed by atoms with E-state index in [1.54, 1.807) is 11.7 Å². The van der Waals surface area contributed by atoms with Gasteiger partial charge in [0.15, 0.2) is 0 Å². The van der Waals surface area contributed by atoms with Gasteiger partial charge in [-0.15, -0.1) is 0 Å². The molecule has 2 heterocycles. The Hall–Kier alpha value is -2.06. The Morgan fingerprint density at radius 2 is 2.04 bits per heavy atom. The molecule has 1 unspecified atom stereocenters. The van der Waals surface area contributed by atoms with E-state index in [1.807, 2.05) is 37.3 Å². The number of sulfonamides is 1. The van der Waals surface area contributed by atoms with Crippen molar-refractivity contribution in [2.45, 2.75) is 19.5 Å². The normalized spacial score (nSPS) is 18.5. The molecule has 1 atom stereocenters. The lowest BCUT2D eigenvalue weighted by Gasteiger charge is -2.26. The van der Waals surface area contributed by atoms with Gasteiger partial charge in [-0.1, -0.05) is 18.2 Å². The van der Waals surface area contributed by atoms with E-state index in [-0.39, 0.29) is 19.8 Å². The van der Waals surface area contributed by atoms with E-state index in [1.165, 1.54) is 10.6 Å². The first-order valence-corrected chi connectivity index (χ1v) is 9.51. The summed E-state index contributed by atoms with van der Waals surface area (Å²) in [6, 6.07) is 8.91. The Morgan fingerprint density at radius 1 is 1.33 bits per heavy atom. The summed E-state index contributed by atoms with van der Waals surface area (Å²) in [6.07, 6.45) is 1.21. The van der Waals surface area contributed by atoms with E-state index in [4.69, 9.17) is 9.47 Å². The lowest BCUT2D eigenvalue weighted by Crippen LogP contribution is -2.44. The molecular weight excluding hydrogens is 330 g/mol. The van der Waals surface area contributed by atoms with Crippen molar-refractivity contribution in [3.8, 4) is 11.6 Å². The van der Waals surface area contributed by atoms with Gasteiger partial charge in [0.2, 0.25) is 15.9 Å². The van der Waals surface area contributed by atoms with E-state index >= 15 is 0 Å². The highest BCUT2D eigenvalue weighted by atomic mass is 32.2. The van der Waals surface area contributed by atoms with Gasteiger partial charge in [-0.25, -0.2) is 13.1 Å². The average Bonchev–Trinajstić information content (AvgIpc) is 2.71. The molecule has 0 aliphatic carbocycles. The quantitative estimate of drug-likeness (QED) is 0.831. The lowest BCUT2D eigenvalue weighted by molar-refractivity contribution is 0.150. The van der Waals surface area contributed by atoms with Crippen LogP contribution in [0.2, 0.25) is 0 Å². The Kier molecular flexibility index (Phi) is 4.51. The van der Waals surface area contributed by atoms with Crippen LogP contribution in [0.3, 0.4) is 0 Å². The Morgan fingerprint density at radius 3 is 2.71 bits per heavy atom. The highest BCUT2D eigenvalue weighted by Gasteiger charge is 2.34. The summed E-state index contributed by atoms with van der Waals surface area (Å²) in [6.45, 7) is 2.52. The standard InChI is InChI=1S/C16H21N3O4S/c1-12-15-9-19(24(3,20)21)13(11-23-16(15)18(2)17-12)10-22-14-7-5-4-6-8-14/h4-8,13H,9-11H2,1-3H3. The first kappa shape index (κ1) is 16.8. The fraction of sp³-hybridized carbons (Fsp3) is 0.438. The molecule has 2 aromatic rings. The van der Waals surface area contributed by atoms with Crippen LogP contribution in [0.1, 0.15) is 11.3 Å². The molecule has 0 saturated carbocycles. The minimum Gasteiger partial charge on any atom is -0.492 e. The predicted octanol–water partition coefficient (Wildman–Crippen LogP) is 1.33. The summed E-state index contributed by atoms with van der Waals surface area (Å²) in [5.74, 6) is 1.31. The van der Waals surface area contributed by atoms with Crippen molar-refractivity contribution in [3.05, 3.63) is 41.6 Å². The molecule has 1 aliphatic rings. The number of ether oxygens (including phenoxy) is 2. The van der Waals surface area contributed by atoms with Gasteiger partial charge in [0, 0.05) is 13.6 Å². The van der Waals surface area contributed by atoms with Crippen LogP contribution in [0.15, 0.2) is 30.3 Å². The maximum Gasteiger partial charge on any atom is 0.216 e. The number of aryl methyl sites for hydroxylation is 2. The van der Waals surface area contributed by atoms with Crippen LogP contribution in [-0.2, 0) is 23.6 Å². The first-order chi connectivity index (χ1) is 11.4. The number of fused-ring (bicyclic) bond motifs is 1. The second-order valence-corrected chi connectivity index (χ2v) is 7.82. The summed E-state index contributed by atoms with van der Waals surface area (Å²) < 4.78 is 39.2. The minimum absolute atomic E-state index is 0.214. The van der Waals surface area contributed by atoms with Gasteiger partial charge in [0.25, 0.3) is 0 Å². The Bertz CT molecular complexity index is 817. The van der Waals surface area contributed by atoms with Gasteiger partial charge in [-0.05, 0) is 19.1 Å². The smallest absolute Gasteiger partial charge is 0.216 e. The molecule has 0 radical (unpaired) electrons. The highest BCUT2D eigenvalue weighted by Crippen LogP contribution is 2.28. The van der Waals surface area contributed by atoms with Crippen molar-refractivity contribution in [3.63, 3.8) is 0 Å². The molecule has 0 N–H and O–H groups in total. The lowest BCUT2D eigenvalue weighted by atomic mass is 10.2. The second-order valence-electron chi connectivity index (χ2n) is 5.89. The third-order valence-corrected chi connectivity index (χ3v) is 5.31. The third-order valence-electron chi connectivity index (χ3n) is 4.03. The van der Waals surface area contributed by atoms with Gasteiger partial charge >= 0.3 is 0 Å². The maximum atomic E-state index is 12.3. The van der Waals surface area contributed by atoms with Crippen LogP contribution >= 0.6 is 0 Å². The minimum atomic E-state index is -3.42. The van der Waals surface area contributed by atoms with Crippen LogP contribution < -0.4 is 9.47 Å². The predicted molar refractivity (Wildman–Crippen MR) is 89.6 cm³/mol. The molecule has 0 amide bonds. The fourth-order valence-corrected chi connectivity index (χ4v) is 3.84. The summed E-state index contributed by atoms with van der Waals surface area (Å²) in [4.78, 5) is 0. The van der Waals surface area contributed by atoms with Crippen molar-refractivity contribution in [2.24, 2.45) is 7.05 Å². The van der Waals surface area contributed by atoms with E-state index in [9.17, 15) is 8.42 Å². The zero-order valence-electron chi connectivity index (χ0n) is 14.0. The molecule has 0 saturated heterocycles. The number of hydrogen-bond donors (Lipinski definition) is 0. The molecule has 130 valence electrons. The van der Waals surface area contributed by atoms with Crippen LogP contribution in [0, 0.1) is 6.92 Å². The Labute approximate surface area is 141 Å². The molecule has 1 aromatic heterocycles. The molecule has 1 aromatic carbocycles. The topological polar surface area (TPSA) is 73.7 Å². The molecule has 1 aliphatic heterocycles. The van der Waals surface area contributed by atoms with Crippen LogP contribution in [0.4, 0.5) is 0 Å². The highest BCUT2D eigenvalue weighted by molar-refractivity contribution is 7.88. The maximum absolute atomic E-state index is 12.3. The van der Waals surface area contributed by atoms with Crippen molar-refractivity contribution in [2.75, 3.05) is 19.5 Å². The molecule has 0 spiro atoms. The number of aromatic nitrogens is 2. The second kappa shape index (κ2) is 6.45. The fourth-order valence-electron chi connectivity index (χ4n) is 2.82. The van der Waals surface area contributed by atoms with Crippen molar-refractivity contribution >= 4 is 10.0 Å². The first-order valence-electron chi connectivity index (χ1n) is 7.66. The number of rotatable bonds is 4. The molecule has 7 nitrogen and oxygen atoms in total. The van der Waals surface area contributed by atoms with Gasteiger partial charge in [0.1, 0.15) is 19.0 Å². The number of benzene rings is 1. The monoisotopic (exact) mass is 351 g/mol. The number of para-hydroxylation sites is 1. The summed E-state index contributed by atoms with van der Waals surface area (Å²) in [7, 11) is -1.63. The third kappa shape index (κ3) is 3.39. The van der Waals surface area contributed by atoms with E-state index in [2.05, 4.69) is 5.10 Å². The van der Waals surface area contributed by atoms with Crippen LogP contribution in [0.25, 0.3) is 0 Å². The van der Waals surface area contributed by atoms with Gasteiger partial charge < -0.3 is 9.47 Å². The summed E-state index contributed by atoms with van der Waals surface area (Å²) in [5, 5.41) is 4.31. The molecular formula is C16H21N3O4S. The molecule has 0 bridgehead atoms. The average molecular weight is 351 g/mol. The molecule has 3 rings (SSSR count). The number of hydrogen-bond acceptors (Lipinski definition) is 5. The van der Waals surface area contributed by atoms with Gasteiger partial charge in [-0.2, -0.15) is 9.40 Å². The molecule has 24 heavy (non-hydrogen) atoms. The van der Waals surface area contributed by atoms with Crippen molar-refractivity contribution in [1.29, 1.82) is 0 Å². The summed E-state index contributed by atoms with van der Waals surface area (Å²) in [5.41, 5.74) is 1.57. The molecule has 0 fully saturated rings. The van der Waals surface area contributed by atoms with E-state index in [0.717, 1.165) is 11.3 Å². The van der Waals surface area contributed by atoms with Crippen molar-refractivity contribution in [1.82, 2.24) is 14.1 Å². The Balaban J connectivity index is 1.84. The SMILES string of the molecule is Cc1nn(C)c2c1CN(S(C)(=O)=O)C(COc1ccccc1)CO2.